The number of hydrogen-bond donors (Lipinski definition) is 1. The zero-order valence-corrected chi connectivity index (χ0v) is 16.7. The van der Waals surface area contributed by atoms with Crippen LogP contribution in [0.15, 0.2) is 36.4 Å². The minimum absolute atomic E-state index is 0.0311. The zero-order chi connectivity index (χ0) is 34.9. The molecule has 2 aliphatic heterocycles. The molecule has 10 heteroatoms. The summed E-state index contributed by atoms with van der Waals surface area (Å²) in [5.74, 6) is -3.64. The Kier molecular flexibility index (Phi) is 2.67. The van der Waals surface area contributed by atoms with Gasteiger partial charge >= 0.3 is 0 Å². The van der Waals surface area contributed by atoms with Crippen LogP contribution in [0.3, 0.4) is 0 Å². The molecule has 3 heterocycles. The first-order valence-corrected chi connectivity index (χ1v) is 9.53. The Bertz CT molecular complexity index is 1690. The molecule has 2 N–H and O–H groups in total. The smallest absolute Gasteiger partial charge is 0.267 e. The molecule has 2 aliphatic rings. The van der Waals surface area contributed by atoms with E-state index >= 15 is 0 Å². The van der Waals surface area contributed by atoms with Gasteiger partial charge in [-0.1, -0.05) is 12.1 Å². The minimum atomic E-state index is -3.10. The molecule has 172 valence electrons. The van der Waals surface area contributed by atoms with Gasteiger partial charge in [-0.05, 0) is 18.2 Å². The third kappa shape index (κ3) is 3.88. The van der Waals surface area contributed by atoms with Gasteiger partial charge in [0.1, 0.15) is 12.4 Å². The Morgan fingerprint density at radius 1 is 1.18 bits per heavy atom. The normalized spacial score (nSPS) is 29.2. The van der Waals surface area contributed by atoms with Gasteiger partial charge in [-0.25, -0.2) is 4.98 Å². The van der Waals surface area contributed by atoms with Crippen molar-refractivity contribution >= 4 is 28.6 Å². The van der Waals surface area contributed by atoms with Crippen LogP contribution in [-0.2, 0) is 4.79 Å². The summed E-state index contributed by atoms with van der Waals surface area (Å²) in [6, 6.07) is 7.80. The first-order chi connectivity index (χ1) is 21.5. The number of aromatic nitrogens is 2. The van der Waals surface area contributed by atoms with E-state index in [0.29, 0.717) is 4.90 Å². The summed E-state index contributed by atoms with van der Waals surface area (Å²) in [5.41, 5.74) is -0.348. The summed E-state index contributed by atoms with van der Waals surface area (Å²) >= 11 is 0. The number of ether oxygens (including phenoxy) is 4. The number of benzene rings is 2. The van der Waals surface area contributed by atoms with Crippen LogP contribution in [0.2, 0.25) is 2.82 Å². The summed E-state index contributed by atoms with van der Waals surface area (Å²) in [7, 11) is -6.18. The number of methoxy groups -OCH3 is 2. The first-order valence-electron chi connectivity index (χ1n) is 16.4. The number of carbonyl (C=O) groups is 1. The van der Waals surface area contributed by atoms with E-state index in [1.165, 1.54) is 12.1 Å². The highest BCUT2D eigenvalue weighted by Crippen LogP contribution is 2.34. The Balaban J connectivity index is 1.54. The average molecular weight is 466 g/mol. The second kappa shape index (κ2) is 8.53. The maximum absolute atomic E-state index is 13.5. The van der Waals surface area contributed by atoms with Crippen LogP contribution in [-0.4, -0.2) is 73.6 Å². The number of nitrogen functional groups attached to an aromatic ring is 1. The number of nitrogens with zero attached hydrogens (tertiary/aromatic N) is 4. The third-order valence-electron chi connectivity index (χ3n) is 4.89. The van der Waals surface area contributed by atoms with Crippen LogP contribution in [0.25, 0.3) is 10.9 Å². The monoisotopic (exact) mass is 465 g/mol. The van der Waals surface area contributed by atoms with E-state index in [0.717, 1.165) is 17.0 Å². The van der Waals surface area contributed by atoms with Crippen molar-refractivity contribution in [1.29, 1.82) is 0 Å². The van der Waals surface area contributed by atoms with Crippen molar-refractivity contribution in [3.05, 3.63) is 36.4 Å². The second-order valence-corrected chi connectivity index (χ2v) is 6.88. The Morgan fingerprint density at radius 2 is 1.94 bits per heavy atom. The lowest BCUT2D eigenvalue weighted by atomic mass is 10.2. The third-order valence-corrected chi connectivity index (χ3v) is 4.89. The molecule has 2 aromatic carbocycles. The molecule has 1 aromatic heterocycles. The number of anilines is 2. The van der Waals surface area contributed by atoms with Crippen molar-refractivity contribution in [2.75, 3.05) is 57.3 Å². The van der Waals surface area contributed by atoms with Gasteiger partial charge < -0.3 is 34.5 Å². The van der Waals surface area contributed by atoms with E-state index in [4.69, 9.17) is 38.2 Å². The number of piperazine rings is 1. The lowest BCUT2D eigenvalue weighted by Crippen LogP contribution is -2.54. The summed E-state index contributed by atoms with van der Waals surface area (Å²) in [6.45, 7) is -10.1. The number of rotatable bonds is 5. The molecule has 1 unspecified atom stereocenters. The molecule has 0 spiro atoms. The predicted molar refractivity (Wildman–Crippen MR) is 122 cm³/mol. The maximum Gasteiger partial charge on any atom is 0.267 e. The van der Waals surface area contributed by atoms with E-state index in [2.05, 4.69) is 9.97 Å². The van der Waals surface area contributed by atoms with Crippen molar-refractivity contribution in [2.24, 2.45) is 0 Å². The summed E-state index contributed by atoms with van der Waals surface area (Å²) < 4.78 is 132. The van der Waals surface area contributed by atoms with Gasteiger partial charge in [0.2, 0.25) is 12.1 Å². The van der Waals surface area contributed by atoms with Gasteiger partial charge in [0.25, 0.3) is 5.91 Å². The van der Waals surface area contributed by atoms with Gasteiger partial charge in [0, 0.05) is 37.5 Å². The SMILES string of the molecule is [2H]N([2H])c1nc(N2C([2H])([2H])CN(C(=O)C3Oc4ccccc4OC3([2H])[2H])CC2([2H])[2H])nc2cc(OC([2H])([2H])[2H])c(OC([2H])([2H])[2H])cc12. The van der Waals surface area contributed by atoms with Crippen LogP contribution in [0.1, 0.15) is 16.4 Å². The molecule has 0 saturated carbocycles. The fourth-order valence-corrected chi connectivity index (χ4v) is 3.26. The standard InChI is InChI=1S/C23H25N5O5/c1-30-18-11-14-15(12-19(18)31-2)25-23(26-21(14)24)28-9-7-27(8-10-28)22(29)20-13-32-16-5-3-4-6-17(16)33-20/h3-6,11-12,20H,7-10,13H2,1-2H3,(H2,24,25,26)/i1D3,2D3,9D2,10D2,13D2/hD2. The van der Waals surface area contributed by atoms with E-state index in [1.54, 1.807) is 12.1 Å². The summed E-state index contributed by atoms with van der Waals surface area (Å²) in [6.07, 6.45) is -1.93. The maximum atomic E-state index is 13.5. The molecule has 0 bridgehead atoms. The summed E-state index contributed by atoms with van der Waals surface area (Å²) in [5, 5.41) is -0.234. The number of hydrogen-bond acceptors (Lipinski definition) is 9. The molecule has 3 aromatic rings. The average Bonchev–Trinajstić information content (AvgIpc) is 2.88. The van der Waals surface area contributed by atoms with Crippen molar-refractivity contribution in [1.82, 2.24) is 14.9 Å². The molecule has 1 atom stereocenters. The van der Waals surface area contributed by atoms with Crippen LogP contribution in [0.4, 0.5) is 11.8 Å². The lowest BCUT2D eigenvalue weighted by Gasteiger charge is -2.37. The van der Waals surface area contributed by atoms with Gasteiger partial charge in [-0.2, -0.15) is 4.98 Å². The van der Waals surface area contributed by atoms with E-state index in [9.17, 15) is 4.79 Å². The van der Waals surface area contributed by atoms with Crippen LogP contribution >= 0.6 is 0 Å². The molecular weight excluding hydrogens is 426 g/mol. The molecular formula is C23H25N5O5. The van der Waals surface area contributed by atoms with Crippen molar-refractivity contribution in [2.45, 2.75) is 6.10 Å². The lowest BCUT2D eigenvalue weighted by molar-refractivity contribution is -0.141. The van der Waals surface area contributed by atoms with Gasteiger partial charge in [-0.15, -0.1) is 0 Å². The topological polar surface area (TPSA) is 112 Å². The zero-order valence-electron chi connectivity index (χ0n) is 30.7. The molecule has 10 nitrogen and oxygen atoms in total. The molecule has 0 aliphatic carbocycles. The number of para-hydroxylation sites is 2. The fraction of sp³-hybridized carbons (Fsp3) is 0.348. The van der Waals surface area contributed by atoms with E-state index in [-0.39, 0.29) is 28.1 Å². The molecule has 1 amide bonds. The highest BCUT2D eigenvalue weighted by Gasteiger charge is 2.33. The van der Waals surface area contributed by atoms with Crippen LogP contribution in [0.5, 0.6) is 23.0 Å². The first kappa shape index (κ1) is 10.3. The molecule has 1 saturated heterocycles. The van der Waals surface area contributed by atoms with Crippen molar-refractivity contribution < 1.29 is 43.0 Å². The fourth-order valence-electron chi connectivity index (χ4n) is 3.26. The Morgan fingerprint density at radius 3 is 2.70 bits per heavy atom. The molecule has 33 heavy (non-hydrogen) atoms. The number of nitrogens with two attached hydrogens (primary N) is 1. The largest absolute Gasteiger partial charge is 0.493 e. The highest BCUT2D eigenvalue weighted by atomic mass is 16.6. The quantitative estimate of drug-likeness (QED) is 0.602. The number of amides is 1. The van der Waals surface area contributed by atoms with Gasteiger partial charge in [0.15, 0.2) is 25.8 Å². The van der Waals surface area contributed by atoms with Gasteiger partial charge in [0.05, 0.1) is 36.0 Å². The Hall–Kier alpha value is -3.95. The number of carbonyl (C=O) groups excluding carboxylic acids is 1. The Labute approximate surface area is 210 Å². The minimum Gasteiger partial charge on any atom is -0.493 e. The van der Waals surface area contributed by atoms with E-state index in [1.807, 2.05) is 0 Å². The highest BCUT2D eigenvalue weighted by molar-refractivity contribution is 5.91. The number of fused-ring (bicyclic) bond motifs is 2. The molecule has 0 radical (unpaired) electrons. The van der Waals surface area contributed by atoms with Crippen molar-refractivity contribution in [3.8, 4) is 23.0 Å². The van der Waals surface area contributed by atoms with E-state index < -0.39 is 82.0 Å². The summed E-state index contributed by atoms with van der Waals surface area (Å²) in [4.78, 5) is 22.8. The molecule has 1 fully saturated rings. The predicted octanol–water partition coefficient (Wildman–Crippen LogP) is 1.72. The van der Waals surface area contributed by atoms with Crippen LogP contribution < -0.4 is 29.6 Å². The van der Waals surface area contributed by atoms with Crippen LogP contribution in [0, 0.1) is 0 Å². The van der Waals surface area contributed by atoms with Crippen molar-refractivity contribution in [3.63, 3.8) is 0 Å². The molecule has 5 rings (SSSR count). The van der Waals surface area contributed by atoms with Gasteiger partial charge in [-0.3, -0.25) is 4.79 Å². The second-order valence-electron chi connectivity index (χ2n) is 6.88.